The van der Waals surface area contributed by atoms with Gasteiger partial charge in [0.1, 0.15) is 0 Å². The molecule has 0 unspecified atom stereocenters. The fraction of sp³-hybridized carbons (Fsp3) is 0.800. The second kappa shape index (κ2) is 6.81. The summed E-state index contributed by atoms with van der Waals surface area (Å²) in [5, 5.41) is 12.0. The molecule has 17 heavy (non-hydrogen) atoms. The van der Waals surface area contributed by atoms with E-state index in [2.05, 4.69) is 38.2 Å². The lowest BCUT2D eigenvalue weighted by Crippen LogP contribution is -2.32. The van der Waals surface area contributed by atoms with E-state index in [0.717, 1.165) is 6.54 Å². The molecule has 2 heteroatoms. The molecule has 1 fully saturated rings. The largest absolute Gasteiger partial charge is 0.313 e. The van der Waals surface area contributed by atoms with Gasteiger partial charge in [-0.3, -0.25) is 0 Å². The summed E-state index contributed by atoms with van der Waals surface area (Å²) in [6, 6.07) is 2.81. The molecule has 1 rings (SSSR count). The van der Waals surface area contributed by atoms with Crippen LogP contribution in [0.5, 0.6) is 0 Å². The molecule has 0 aliphatic heterocycles. The van der Waals surface area contributed by atoms with Crippen molar-refractivity contribution in [2.75, 3.05) is 6.54 Å². The van der Waals surface area contributed by atoms with Crippen LogP contribution < -0.4 is 5.32 Å². The zero-order valence-electron chi connectivity index (χ0n) is 11.6. The van der Waals surface area contributed by atoms with Crippen LogP contribution in [0.1, 0.15) is 59.3 Å². The molecule has 2 nitrogen and oxygen atoms in total. The van der Waals surface area contributed by atoms with E-state index < -0.39 is 0 Å². The lowest BCUT2D eigenvalue weighted by atomic mass is 9.86. The fourth-order valence-corrected chi connectivity index (χ4v) is 2.18. The molecule has 0 amide bonds. The van der Waals surface area contributed by atoms with Crippen molar-refractivity contribution in [3.8, 4) is 6.07 Å². The van der Waals surface area contributed by atoms with Gasteiger partial charge in [-0.1, -0.05) is 32.4 Å². The average Bonchev–Trinajstić information content (AvgIpc) is 2.27. The molecule has 0 radical (unpaired) electrons. The molecule has 96 valence electrons. The molecule has 1 aliphatic carbocycles. The number of allylic oxidation sites excluding steroid dienone is 2. The van der Waals surface area contributed by atoms with Crippen LogP contribution in [-0.4, -0.2) is 12.6 Å². The Bertz CT molecular complexity index is 281. The highest BCUT2D eigenvalue weighted by molar-refractivity contribution is 5.07. The minimum absolute atomic E-state index is 0.412. The number of nitrogens with zero attached hydrogens (tertiary/aromatic N) is 1. The molecule has 0 atom stereocenters. The quantitative estimate of drug-likeness (QED) is 0.593. The Morgan fingerprint density at radius 1 is 1.35 bits per heavy atom. The summed E-state index contributed by atoms with van der Waals surface area (Å²) in [6.07, 6.45) is 9.22. The Balaban J connectivity index is 2.24. The second-order valence-corrected chi connectivity index (χ2v) is 6.26. The molecule has 0 aromatic heterocycles. The van der Waals surface area contributed by atoms with Gasteiger partial charge < -0.3 is 5.32 Å². The molecular weight excluding hydrogens is 208 g/mol. The van der Waals surface area contributed by atoms with Crippen molar-refractivity contribution in [3.63, 3.8) is 0 Å². The third-order valence-corrected chi connectivity index (χ3v) is 3.30. The van der Waals surface area contributed by atoms with E-state index >= 15 is 0 Å². The van der Waals surface area contributed by atoms with Crippen LogP contribution in [0.25, 0.3) is 0 Å². The van der Waals surface area contributed by atoms with Crippen molar-refractivity contribution in [1.29, 1.82) is 5.26 Å². The van der Waals surface area contributed by atoms with Crippen LogP contribution in [-0.2, 0) is 0 Å². The summed E-state index contributed by atoms with van der Waals surface area (Å²) in [6.45, 7) is 7.72. The normalized spacial score (nSPS) is 21.1. The van der Waals surface area contributed by atoms with E-state index in [1.54, 1.807) is 5.57 Å². The van der Waals surface area contributed by atoms with Crippen LogP contribution in [0.2, 0.25) is 0 Å². The highest BCUT2D eigenvalue weighted by Gasteiger charge is 2.16. The highest BCUT2D eigenvalue weighted by Crippen LogP contribution is 2.27. The molecule has 0 aromatic rings. The Hall–Kier alpha value is -0.810. The Kier molecular flexibility index (Phi) is 5.71. The lowest BCUT2D eigenvalue weighted by Gasteiger charge is -2.25. The summed E-state index contributed by atoms with van der Waals surface area (Å²) in [5.74, 6) is 0. The van der Waals surface area contributed by atoms with Gasteiger partial charge in [0.25, 0.3) is 0 Å². The van der Waals surface area contributed by atoms with Gasteiger partial charge in [-0.25, -0.2) is 0 Å². The van der Waals surface area contributed by atoms with Gasteiger partial charge in [-0.15, -0.1) is 0 Å². The first-order chi connectivity index (χ1) is 8.01. The van der Waals surface area contributed by atoms with Crippen LogP contribution in [0, 0.1) is 16.7 Å². The molecule has 0 bridgehead atoms. The summed E-state index contributed by atoms with van der Waals surface area (Å²) in [5.41, 5.74) is 2.05. The third-order valence-electron chi connectivity index (χ3n) is 3.30. The van der Waals surface area contributed by atoms with Crippen LogP contribution in [0.4, 0.5) is 0 Å². The van der Waals surface area contributed by atoms with E-state index in [0.29, 0.717) is 17.9 Å². The molecule has 0 heterocycles. The van der Waals surface area contributed by atoms with E-state index in [-0.39, 0.29) is 0 Å². The monoisotopic (exact) mass is 234 g/mol. The minimum Gasteiger partial charge on any atom is -0.313 e. The van der Waals surface area contributed by atoms with Gasteiger partial charge in [0.05, 0.1) is 6.07 Å². The van der Waals surface area contributed by atoms with Gasteiger partial charge in [0, 0.05) is 19.0 Å². The summed E-state index contributed by atoms with van der Waals surface area (Å²) < 4.78 is 0. The van der Waals surface area contributed by atoms with Gasteiger partial charge >= 0.3 is 0 Å². The highest BCUT2D eigenvalue weighted by atomic mass is 14.9. The second-order valence-electron chi connectivity index (χ2n) is 6.26. The standard InChI is InChI=1S/C15H26N2/c1-15(2,3)10-9-13-5-7-14(8-6-13)17-12-4-11-16/h9,14,17H,4-8,10,12H2,1-3H3. The SMILES string of the molecule is CC(C)(C)CC=C1CCC(NCCC#N)CC1. The van der Waals surface area contributed by atoms with E-state index in [1.807, 2.05) is 0 Å². The summed E-state index contributed by atoms with van der Waals surface area (Å²) in [4.78, 5) is 0. The molecule has 1 aliphatic rings. The smallest absolute Gasteiger partial charge is 0.0635 e. The molecule has 0 spiro atoms. The predicted molar refractivity (Wildman–Crippen MR) is 72.6 cm³/mol. The van der Waals surface area contributed by atoms with Gasteiger partial charge in [-0.2, -0.15) is 5.26 Å². The fourth-order valence-electron chi connectivity index (χ4n) is 2.18. The van der Waals surface area contributed by atoms with E-state index in [9.17, 15) is 0 Å². The minimum atomic E-state index is 0.412. The van der Waals surface area contributed by atoms with Crippen molar-refractivity contribution < 1.29 is 0 Å². The maximum atomic E-state index is 8.48. The maximum Gasteiger partial charge on any atom is 0.0635 e. The molecule has 1 N–H and O–H groups in total. The van der Waals surface area contributed by atoms with E-state index in [1.165, 1.54) is 32.1 Å². The average molecular weight is 234 g/mol. The van der Waals surface area contributed by atoms with Gasteiger partial charge in [0.15, 0.2) is 0 Å². The number of nitrogens with one attached hydrogen (secondary N) is 1. The Morgan fingerprint density at radius 3 is 2.53 bits per heavy atom. The first-order valence-corrected chi connectivity index (χ1v) is 6.79. The molecule has 0 saturated heterocycles. The van der Waals surface area contributed by atoms with Crippen molar-refractivity contribution in [1.82, 2.24) is 5.32 Å². The first kappa shape index (κ1) is 14.3. The topological polar surface area (TPSA) is 35.8 Å². The lowest BCUT2D eigenvalue weighted by molar-refractivity contribution is 0.404. The zero-order valence-corrected chi connectivity index (χ0v) is 11.6. The Morgan fingerprint density at radius 2 is 2.00 bits per heavy atom. The number of hydrogen-bond donors (Lipinski definition) is 1. The number of hydrogen-bond acceptors (Lipinski definition) is 2. The molecular formula is C15H26N2. The van der Waals surface area contributed by atoms with E-state index in [4.69, 9.17) is 5.26 Å². The third kappa shape index (κ3) is 6.48. The van der Waals surface area contributed by atoms with Gasteiger partial charge in [-0.05, 0) is 37.5 Å². The Labute approximate surface area is 106 Å². The van der Waals surface area contributed by atoms with Crippen molar-refractivity contribution in [2.45, 2.75) is 65.3 Å². The predicted octanol–water partition coefficient (Wildman–Crippen LogP) is 3.79. The van der Waals surface area contributed by atoms with Crippen molar-refractivity contribution in [2.24, 2.45) is 5.41 Å². The van der Waals surface area contributed by atoms with Crippen LogP contribution >= 0.6 is 0 Å². The maximum absolute atomic E-state index is 8.48. The van der Waals surface area contributed by atoms with Crippen molar-refractivity contribution >= 4 is 0 Å². The molecule has 1 saturated carbocycles. The molecule has 0 aromatic carbocycles. The number of nitriles is 1. The summed E-state index contributed by atoms with van der Waals surface area (Å²) >= 11 is 0. The van der Waals surface area contributed by atoms with Crippen LogP contribution in [0.15, 0.2) is 11.6 Å². The number of rotatable bonds is 4. The summed E-state index contributed by atoms with van der Waals surface area (Å²) in [7, 11) is 0. The van der Waals surface area contributed by atoms with Crippen LogP contribution in [0.3, 0.4) is 0 Å². The zero-order chi connectivity index (χ0) is 12.7. The van der Waals surface area contributed by atoms with Gasteiger partial charge in [0.2, 0.25) is 0 Å². The first-order valence-electron chi connectivity index (χ1n) is 6.79. The van der Waals surface area contributed by atoms with Crippen molar-refractivity contribution in [3.05, 3.63) is 11.6 Å².